The first kappa shape index (κ1) is 19.8. The van der Waals surface area contributed by atoms with Gasteiger partial charge in [0.1, 0.15) is 0 Å². The summed E-state index contributed by atoms with van der Waals surface area (Å²) >= 11 is 0. The Labute approximate surface area is 154 Å². The van der Waals surface area contributed by atoms with Gasteiger partial charge in [-0.1, -0.05) is 12.1 Å². The Hall–Kier alpha value is -2.54. The largest absolute Gasteiger partial charge is 0.490 e. The topological polar surface area (TPSA) is 81.7 Å². The van der Waals surface area contributed by atoms with Crippen LogP contribution in [0.1, 0.15) is 29.8 Å². The standard InChI is InChI=1S/C19H23NO5S/c1-4-24-17-10-9-16(12-18(17)25-5-2)20-19(21)15-8-6-7-14(11-15)13-26(3,22)23/h6-12H,4-5,13H2,1-3H3,(H,20,21). The third-order valence-electron chi connectivity index (χ3n) is 3.42. The third-order valence-corrected chi connectivity index (χ3v) is 4.28. The Balaban J connectivity index is 2.19. The molecule has 6 nitrogen and oxygen atoms in total. The zero-order valence-corrected chi connectivity index (χ0v) is 15.9. The fourth-order valence-corrected chi connectivity index (χ4v) is 3.22. The van der Waals surface area contributed by atoms with E-state index in [0.717, 1.165) is 6.26 Å². The first-order valence-corrected chi connectivity index (χ1v) is 10.4. The number of sulfone groups is 1. The molecule has 0 aliphatic rings. The van der Waals surface area contributed by atoms with Gasteiger partial charge in [-0.2, -0.15) is 0 Å². The van der Waals surface area contributed by atoms with Crippen molar-refractivity contribution in [1.29, 1.82) is 0 Å². The summed E-state index contributed by atoms with van der Waals surface area (Å²) in [5.41, 5.74) is 1.52. The molecule has 0 aliphatic carbocycles. The summed E-state index contributed by atoms with van der Waals surface area (Å²) in [5, 5.41) is 2.79. The van der Waals surface area contributed by atoms with Crippen LogP contribution in [0.5, 0.6) is 11.5 Å². The Morgan fingerprint density at radius 1 is 1.00 bits per heavy atom. The predicted molar refractivity (Wildman–Crippen MR) is 102 cm³/mol. The fourth-order valence-electron chi connectivity index (χ4n) is 2.44. The molecule has 0 aliphatic heterocycles. The van der Waals surface area contributed by atoms with Gasteiger partial charge in [-0.05, 0) is 43.7 Å². The van der Waals surface area contributed by atoms with E-state index in [1.54, 1.807) is 42.5 Å². The number of amides is 1. The van der Waals surface area contributed by atoms with Crippen LogP contribution in [0.15, 0.2) is 42.5 Å². The zero-order valence-electron chi connectivity index (χ0n) is 15.1. The minimum absolute atomic E-state index is 0.105. The normalized spacial score (nSPS) is 11.0. The molecule has 0 radical (unpaired) electrons. The van der Waals surface area contributed by atoms with Crippen molar-refractivity contribution in [3.8, 4) is 11.5 Å². The molecule has 0 saturated heterocycles. The van der Waals surface area contributed by atoms with Crippen molar-refractivity contribution >= 4 is 21.4 Å². The van der Waals surface area contributed by atoms with Crippen LogP contribution in [0.25, 0.3) is 0 Å². The number of benzene rings is 2. The molecule has 2 aromatic carbocycles. The summed E-state index contributed by atoms with van der Waals surface area (Å²) in [6.45, 7) is 4.74. The van der Waals surface area contributed by atoms with Gasteiger partial charge < -0.3 is 14.8 Å². The summed E-state index contributed by atoms with van der Waals surface area (Å²) in [7, 11) is -3.16. The van der Waals surface area contributed by atoms with Crippen LogP contribution >= 0.6 is 0 Å². The Morgan fingerprint density at radius 3 is 2.35 bits per heavy atom. The van der Waals surface area contributed by atoms with Crippen LogP contribution in [-0.2, 0) is 15.6 Å². The van der Waals surface area contributed by atoms with Crippen LogP contribution in [0.3, 0.4) is 0 Å². The molecule has 1 N–H and O–H groups in total. The minimum atomic E-state index is -3.16. The molecule has 0 spiro atoms. The maximum absolute atomic E-state index is 12.5. The van der Waals surface area contributed by atoms with Gasteiger partial charge in [0.2, 0.25) is 0 Å². The van der Waals surface area contributed by atoms with Crippen molar-refractivity contribution in [1.82, 2.24) is 0 Å². The fraction of sp³-hybridized carbons (Fsp3) is 0.316. The number of hydrogen-bond donors (Lipinski definition) is 1. The number of nitrogens with one attached hydrogen (secondary N) is 1. The Bertz CT molecular complexity index is 877. The maximum atomic E-state index is 12.5. The summed E-state index contributed by atoms with van der Waals surface area (Å²) in [6.07, 6.45) is 1.16. The molecule has 0 aromatic heterocycles. The van der Waals surface area contributed by atoms with E-state index in [1.807, 2.05) is 13.8 Å². The van der Waals surface area contributed by atoms with Crippen molar-refractivity contribution in [3.05, 3.63) is 53.6 Å². The molecule has 0 heterocycles. The predicted octanol–water partition coefficient (Wildman–Crippen LogP) is 3.28. The molecule has 0 atom stereocenters. The first-order valence-electron chi connectivity index (χ1n) is 8.30. The average molecular weight is 377 g/mol. The van der Waals surface area contributed by atoms with Crippen LogP contribution in [-0.4, -0.2) is 33.8 Å². The second-order valence-electron chi connectivity index (χ2n) is 5.75. The van der Waals surface area contributed by atoms with Gasteiger partial charge in [0, 0.05) is 23.6 Å². The maximum Gasteiger partial charge on any atom is 0.255 e. The van der Waals surface area contributed by atoms with E-state index in [-0.39, 0.29) is 11.7 Å². The minimum Gasteiger partial charge on any atom is -0.490 e. The van der Waals surface area contributed by atoms with Gasteiger partial charge in [0.05, 0.1) is 19.0 Å². The molecule has 26 heavy (non-hydrogen) atoms. The summed E-state index contributed by atoms with van der Waals surface area (Å²) in [5.74, 6) is 0.735. The summed E-state index contributed by atoms with van der Waals surface area (Å²) < 4.78 is 33.9. The number of carbonyl (C=O) groups excluding carboxylic acids is 1. The highest BCUT2D eigenvalue weighted by atomic mass is 32.2. The van der Waals surface area contributed by atoms with E-state index in [0.29, 0.717) is 41.5 Å². The van der Waals surface area contributed by atoms with E-state index in [9.17, 15) is 13.2 Å². The van der Waals surface area contributed by atoms with Crippen molar-refractivity contribution < 1.29 is 22.7 Å². The number of anilines is 1. The third kappa shape index (κ3) is 5.77. The van der Waals surface area contributed by atoms with Crippen LogP contribution < -0.4 is 14.8 Å². The van der Waals surface area contributed by atoms with E-state index < -0.39 is 9.84 Å². The van der Waals surface area contributed by atoms with E-state index >= 15 is 0 Å². The van der Waals surface area contributed by atoms with Gasteiger partial charge >= 0.3 is 0 Å². The highest BCUT2D eigenvalue weighted by molar-refractivity contribution is 7.89. The molecule has 0 saturated carbocycles. The lowest BCUT2D eigenvalue weighted by atomic mass is 10.1. The molecule has 0 bridgehead atoms. The number of rotatable bonds is 8. The van der Waals surface area contributed by atoms with Crippen molar-refractivity contribution in [2.45, 2.75) is 19.6 Å². The number of hydrogen-bond acceptors (Lipinski definition) is 5. The highest BCUT2D eigenvalue weighted by Crippen LogP contribution is 2.30. The SMILES string of the molecule is CCOc1ccc(NC(=O)c2cccc(CS(C)(=O)=O)c2)cc1OCC. The van der Waals surface area contributed by atoms with Crippen LogP contribution in [0.4, 0.5) is 5.69 Å². The zero-order chi connectivity index (χ0) is 19.2. The van der Waals surface area contributed by atoms with Gasteiger partial charge in [0.15, 0.2) is 21.3 Å². The highest BCUT2D eigenvalue weighted by Gasteiger charge is 2.12. The summed E-state index contributed by atoms with van der Waals surface area (Å²) in [4.78, 5) is 12.5. The molecular weight excluding hydrogens is 354 g/mol. The van der Waals surface area contributed by atoms with Gasteiger partial charge in [-0.15, -0.1) is 0 Å². The molecule has 1 amide bonds. The Morgan fingerprint density at radius 2 is 1.69 bits per heavy atom. The smallest absolute Gasteiger partial charge is 0.255 e. The van der Waals surface area contributed by atoms with E-state index in [2.05, 4.69) is 5.32 Å². The summed E-state index contributed by atoms with van der Waals surface area (Å²) in [6, 6.07) is 11.7. The second-order valence-corrected chi connectivity index (χ2v) is 7.89. The van der Waals surface area contributed by atoms with E-state index in [1.165, 1.54) is 0 Å². The van der Waals surface area contributed by atoms with E-state index in [4.69, 9.17) is 9.47 Å². The van der Waals surface area contributed by atoms with Crippen LogP contribution in [0.2, 0.25) is 0 Å². The molecule has 0 fully saturated rings. The van der Waals surface area contributed by atoms with Crippen molar-refractivity contribution in [2.75, 3.05) is 24.8 Å². The molecule has 7 heteroatoms. The lowest BCUT2D eigenvalue weighted by molar-refractivity contribution is 0.102. The number of ether oxygens (including phenoxy) is 2. The quantitative estimate of drug-likeness (QED) is 0.763. The van der Waals surface area contributed by atoms with Crippen LogP contribution in [0, 0.1) is 0 Å². The molecule has 0 unspecified atom stereocenters. The van der Waals surface area contributed by atoms with Gasteiger partial charge in [-0.3, -0.25) is 4.79 Å². The Kier molecular flexibility index (Phi) is 6.63. The number of carbonyl (C=O) groups is 1. The van der Waals surface area contributed by atoms with Gasteiger partial charge in [0.25, 0.3) is 5.91 Å². The lowest BCUT2D eigenvalue weighted by Gasteiger charge is -2.13. The first-order chi connectivity index (χ1) is 12.3. The van der Waals surface area contributed by atoms with Crippen molar-refractivity contribution in [2.24, 2.45) is 0 Å². The second kappa shape index (κ2) is 8.71. The molecule has 2 aromatic rings. The van der Waals surface area contributed by atoms with Gasteiger partial charge in [-0.25, -0.2) is 8.42 Å². The average Bonchev–Trinajstić information content (AvgIpc) is 2.56. The molecular formula is C19H23NO5S. The molecule has 140 valence electrons. The van der Waals surface area contributed by atoms with Crippen molar-refractivity contribution in [3.63, 3.8) is 0 Å². The monoisotopic (exact) mass is 377 g/mol. The lowest BCUT2D eigenvalue weighted by Crippen LogP contribution is -2.13. The molecule has 2 rings (SSSR count).